The third kappa shape index (κ3) is 3.92. The van der Waals surface area contributed by atoms with E-state index in [0.29, 0.717) is 11.5 Å². The Morgan fingerprint density at radius 3 is 2.14 bits per heavy atom. The lowest BCUT2D eigenvalue weighted by molar-refractivity contribution is 0.0846. The molecule has 3 N–H and O–H groups in total. The van der Waals surface area contributed by atoms with E-state index in [-0.39, 0.29) is 28.9 Å². The van der Waals surface area contributed by atoms with Crippen molar-refractivity contribution in [2.75, 3.05) is 6.79 Å². The van der Waals surface area contributed by atoms with Gasteiger partial charge in [-0.3, -0.25) is 20.4 Å². The number of hydrogen-bond acceptors (Lipinski definition) is 6. The third-order valence-corrected chi connectivity index (χ3v) is 5.79. The first-order valence-corrected chi connectivity index (χ1v) is 10.0. The van der Waals surface area contributed by atoms with Crippen LogP contribution in [0.25, 0.3) is 0 Å². The van der Waals surface area contributed by atoms with Gasteiger partial charge in [-0.15, -0.1) is 0 Å². The fourth-order valence-corrected chi connectivity index (χ4v) is 3.87. The molecule has 2 aromatic carbocycles. The first kappa shape index (κ1) is 18.3. The summed E-state index contributed by atoms with van der Waals surface area (Å²) in [4.78, 5) is 24.4. The van der Waals surface area contributed by atoms with Crippen LogP contribution >= 0.6 is 0 Å². The highest BCUT2D eigenvalue weighted by Crippen LogP contribution is 2.32. The number of ether oxygens (including phenoxy) is 2. The van der Waals surface area contributed by atoms with Gasteiger partial charge in [0.15, 0.2) is 11.5 Å². The van der Waals surface area contributed by atoms with E-state index in [2.05, 4.69) is 15.6 Å². The summed E-state index contributed by atoms with van der Waals surface area (Å²) in [6, 6.07) is 10.1. The van der Waals surface area contributed by atoms with Gasteiger partial charge in [0.1, 0.15) is 0 Å². The minimum Gasteiger partial charge on any atom is -0.454 e. The maximum atomic E-state index is 12.2. The van der Waals surface area contributed by atoms with Crippen LogP contribution < -0.4 is 25.0 Å². The first-order valence-electron chi connectivity index (χ1n) is 8.55. The maximum absolute atomic E-state index is 12.2. The van der Waals surface area contributed by atoms with E-state index in [1.165, 1.54) is 30.3 Å². The van der Waals surface area contributed by atoms with E-state index in [1.54, 1.807) is 12.1 Å². The smallest absolute Gasteiger partial charge is 0.269 e. The minimum absolute atomic E-state index is 0.000586. The van der Waals surface area contributed by atoms with Gasteiger partial charge in [-0.2, -0.15) is 0 Å². The van der Waals surface area contributed by atoms with Crippen LogP contribution in [0.4, 0.5) is 0 Å². The molecule has 2 aliphatic rings. The van der Waals surface area contributed by atoms with Gasteiger partial charge in [0.2, 0.25) is 16.8 Å². The van der Waals surface area contributed by atoms with Crippen molar-refractivity contribution in [3.05, 3.63) is 53.6 Å². The Bertz CT molecular complexity index is 1030. The summed E-state index contributed by atoms with van der Waals surface area (Å²) in [5.74, 6) is -0.102. The molecule has 9 nitrogen and oxygen atoms in total. The zero-order chi connectivity index (χ0) is 19.7. The number of hydrazine groups is 1. The van der Waals surface area contributed by atoms with E-state index in [4.69, 9.17) is 9.47 Å². The Balaban J connectivity index is 1.36. The van der Waals surface area contributed by atoms with Gasteiger partial charge in [0, 0.05) is 17.2 Å². The highest BCUT2D eigenvalue weighted by Gasteiger charge is 2.28. The molecule has 1 saturated carbocycles. The van der Waals surface area contributed by atoms with Crippen molar-refractivity contribution in [3.8, 4) is 11.5 Å². The predicted octanol–water partition coefficient (Wildman–Crippen LogP) is 0.931. The van der Waals surface area contributed by atoms with Crippen molar-refractivity contribution in [2.45, 2.75) is 23.8 Å². The quantitative estimate of drug-likeness (QED) is 0.639. The number of benzene rings is 2. The van der Waals surface area contributed by atoms with Crippen LogP contribution in [0.5, 0.6) is 11.5 Å². The highest BCUT2D eigenvalue weighted by atomic mass is 32.2. The molecule has 1 aliphatic carbocycles. The lowest BCUT2D eigenvalue weighted by Gasteiger charge is -2.09. The highest BCUT2D eigenvalue weighted by molar-refractivity contribution is 7.89. The second-order valence-electron chi connectivity index (χ2n) is 6.40. The van der Waals surface area contributed by atoms with Gasteiger partial charge < -0.3 is 9.47 Å². The van der Waals surface area contributed by atoms with Gasteiger partial charge in [0.25, 0.3) is 11.8 Å². The number of carbonyl (C=O) groups is 2. The summed E-state index contributed by atoms with van der Waals surface area (Å²) in [5, 5.41) is 0. The normalized spacial score (nSPS) is 15.1. The lowest BCUT2D eigenvalue weighted by Crippen LogP contribution is -2.41. The number of hydrogen-bond donors (Lipinski definition) is 3. The Hall–Kier alpha value is -3.11. The van der Waals surface area contributed by atoms with Crippen LogP contribution in [0.1, 0.15) is 33.6 Å². The number of fused-ring (bicyclic) bond motifs is 1. The van der Waals surface area contributed by atoms with Gasteiger partial charge in [-0.25, -0.2) is 13.1 Å². The molecule has 146 valence electrons. The van der Waals surface area contributed by atoms with Crippen molar-refractivity contribution in [2.24, 2.45) is 0 Å². The predicted molar refractivity (Wildman–Crippen MR) is 97.3 cm³/mol. The molecule has 28 heavy (non-hydrogen) atoms. The van der Waals surface area contributed by atoms with Crippen LogP contribution in [-0.4, -0.2) is 33.1 Å². The fraction of sp³-hybridized carbons (Fsp3) is 0.222. The van der Waals surface area contributed by atoms with E-state index < -0.39 is 21.8 Å². The van der Waals surface area contributed by atoms with Crippen LogP contribution in [-0.2, 0) is 10.0 Å². The lowest BCUT2D eigenvalue weighted by atomic mass is 10.2. The van der Waals surface area contributed by atoms with Crippen LogP contribution in [0, 0.1) is 0 Å². The van der Waals surface area contributed by atoms with Gasteiger partial charge >= 0.3 is 0 Å². The second-order valence-corrected chi connectivity index (χ2v) is 8.11. The number of rotatable bonds is 5. The molecular weight excluding hydrogens is 386 g/mol. The summed E-state index contributed by atoms with van der Waals surface area (Å²) >= 11 is 0. The summed E-state index contributed by atoms with van der Waals surface area (Å²) in [6.07, 6.45) is 1.67. The van der Waals surface area contributed by atoms with Crippen LogP contribution in [0.15, 0.2) is 47.4 Å². The Kier molecular flexibility index (Phi) is 4.65. The maximum Gasteiger partial charge on any atom is 0.269 e. The monoisotopic (exact) mass is 403 g/mol. The Labute approximate surface area is 161 Å². The van der Waals surface area contributed by atoms with E-state index in [1.807, 2.05) is 0 Å². The average molecular weight is 403 g/mol. The van der Waals surface area contributed by atoms with E-state index in [9.17, 15) is 18.0 Å². The molecule has 0 atom stereocenters. The molecule has 4 rings (SSSR count). The van der Waals surface area contributed by atoms with Gasteiger partial charge in [0.05, 0.1) is 4.90 Å². The van der Waals surface area contributed by atoms with Crippen LogP contribution in [0.2, 0.25) is 0 Å². The molecule has 0 unspecified atom stereocenters. The Morgan fingerprint density at radius 1 is 0.857 bits per heavy atom. The van der Waals surface area contributed by atoms with Gasteiger partial charge in [-0.05, 0) is 55.3 Å². The summed E-state index contributed by atoms with van der Waals surface area (Å²) in [5.41, 5.74) is 5.09. The standard InChI is InChI=1S/C18H17N3O6S/c22-17(11-1-6-14(7-2-11)28(24,25)21-13-4-5-13)19-20-18(23)12-3-8-15-16(9-12)27-10-26-15/h1-3,6-9,13,21H,4-5,10H2,(H,19,22)(H,20,23). The van der Waals surface area contributed by atoms with E-state index >= 15 is 0 Å². The van der Waals surface area contributed by atoms with E-state index in [0.717, 1.165) is 12.8 Å². The largest absolute Gasteiger partial charge is 0.454 e. The molecule has 0 saturated heterocycles. The SMILES string of the molecule is O=C(NNC(=O)c1ccc2c(c1)OCO2)c1ccc(S(=O)(=O)NC2CC2)cc1. The molecule has 1 aliphatic heterocycles. The fourth-order valence-electron chi connectivity index (χ4n) is 2.57. The average Bonchev–Trinajstić information content (AvgIpc) is 3.37. The van der Waals surface area contributed by atoms with Crippen molar-refractivity contribution in [1.29, 1.82) is 0 Å². The number of nitrogens with one attached hydrogen (secondary N) is 3. The summed E-state index contributed by atoms with van der Waals surface area (Å²) in [7, 11) is -3.58. The third-order valence-electron chi connectivity index (χ3n) is 4.25. The van der Waals surface area contributed by atoms with Crippen LogP contribution in [0.3, 0.4) is 0 Å². The second kappa shape index (κ2) is 7.13. The zero-order valence-electron chi connectivity index (χ0n) is 14.6. The molecule has 10 heteroatoms. The number of sulfonamides is 1. The summed E-state index contributed by atoms with van der Waals surface area (Å²) < 4.78 is 37.2. The topological polar surface area (TPSA) is 123 Å². The molecule has 0 spiro atoms. The molecule has 1 fully saturated rings. The Morgan fingerprint density at radius 2 is 1.46 bits per heavy atom. The summed E-state index contributed by atoms with van der Waals surface area (Å²) in [6.45, 7) is 0.0963. The van der Waals surface area contributed by atoms with Gasteiger partial charge in [-0.1, -0.05) is 0 Å². The molecule has 2 amide bonds. The number of carbonyl (C=O) groups excluding carboxylic acids is 2. The molecule has 2 aromatic rings. The van der Waals surface area contributed by atoms with Crippen molar-refractivity contribution in [3.63, 3.8) is 0 Å². The molecular formula is C18H17N3O6S. The number of amides is 2. The molecule has 0 bridgehead atoms. The van der Waals surface area contributed by atoms with Crippen molar-refractivity contribution < 1.29 is 27.5 Å². The van der Waals surface area contributed by atoms with Crippen molar-refractivity contribution in [1.82, 2.24) is 15.6 Å². The minimum atomic E-state index is -3.58. The zero-order valence-corrected chi connectivity index (χ0v) is 15.4. The van der Waals surface area contributed by atoms with Crippen molar-refractivity contribution >= 4 is 21.8 Å². The first-order chi connectivity index (χ1) is 13.4. The molecule has 0 aromatic heterocycles. The molecule has 0 radical (unpaired) electrons. The molecule has 1 heterocycles.